The van der Waals surface area contributed by atoms with Gasteiger partial charge in [-0.15, -0.1) is 0 Å². The first-order valence-electron chi connectivity index (χ1n) is 8.61. The molecule has 1 amide bonds. The van der Waals surface area contributed by atoms with Crippen LogP contribution in [0.25, 0.3) is 0 Å². The van der Waals surface area contributed by atoms with Gasteiger partial charge in [-0.05, 0) is 23.8 Å². The number of pyridine rings is 1. The first kappa shape index (κ1) is 15.9. The van der Waals surface area contributed by atoms with Crippen LogP contribution >= 0.6 is 0 Å². The Balaban J connectivity index is 1.31. The number of rotatable bonds is 4. The number of carbonyl (C=O) groups is 1. The summed E-state index contributed by atoms with van der Waals surface area (Å²) < 4.78 is 11.2. The maximum atomic E-state index is 12.3. The summed E-state index contributed by atoms with van der Waals surface area (Å²) in [7, 11) is 0. The SMILES string of the molecule is O=C(NCC1Cc2ccccc2O1)c1ccc(N2CCOCC2)nc1. The van der Waals surface area contributed by atoms with Crippen molar-refractivity contribution in [3.8, 4) is 5.75 Å². The van der Waals surface area contributed by atoms with Gasteiger partial charge in [0.25, 0.3) is 5.91 Å². The molecule has 2 aliphatic rings. The van der Waals surface area contributed by atoms with Crippen LogP contribution in [0.15, 0.2) is 42.6 Å². The molecule has 1 fully saturated rings. The normalized spacial score (nSPS) is 19.2. The van der Waals surface area contributed by atoms with Gasteiger partial charge in [-0.2, -0.15) is 0 Å². The number of ether oxygens (including phenoxy) is 2. The Kier molecular flexibility index (Phi) is 4.52. The van der Waals surface area contributed by atoms with Crippen LogP contribution in [0.3, 0.4) is 0 Å². The van der Waals surface area contributed by atoms with Crippen molar-refractivity contribution in [3.05, 3.63) is 53.7 Å². The van der Waals surface area contributed by atoms with Crippen molar-refractivity contribution in [1.29, 1.82) is 0 Å². The Morgan fingerprint density at radius 3 is 2.80 bits per heavy atom. The Labute approximate surface area is 146 Å². The quantitative estimate of drug-likeness (QED) is 0.918. The summed E-state index contributed by atoms with van der Waals surface area (Å²) in [6.07, 6.45) is 2.44. The molecule has 6 heteroatoms. The second-order valence-electron chi connectivity index (χ2n) is 6.27. The van der Waals surface area contributed by atoms with E-state index in [1.807, 2.05) is 30.3 Å². The van der Waals surface area contributed by atoms with Gasteiger partial charge in [0.05, 0.1) is 25.3 Å². The smallest absolute Gasteiger partial charge is 0.252 e. The highest BCUT2D eigenvalue weighted by Gasteiger charge is 2.23. The first-order valence-corrected chi connectivity index (χ1v) is 8.61. The summed E-state index contributed by atoms with van der Waals surface area (Å²) in [6.45, 7) is 3.58. The monoisotopic (exact) mass is 339 g/mol. The average molecular weight is 339 g/mol. The second-order valence-corrected chi connectivity index (χ2v) is 6.27. The third kappa shape index (κ3) is 3.58. The minimum absolute atomic E-state index is 0.0121. The van der Waals surface area contributed by atoms with Gasteiger partial charge in [0, 0.05) is 25.7 Å². The number of benzene rings is 1. The summed E-state index contributed by atoms with van der Waals surface area (Å²) in [5, 5.41) is 2.94. The van der Waals surface area contributed by atoms with Crippen LogP contribution in [0.2, 0.25) is 0 Å². The number of amides is 1. The third-order valence-corrected chi connectivity index (χ3v) is 4.55. The lowest BCUT2D eigenvalue weighted by atomic mass is 10.1. The first-order chi connectivity index (χ1) is 12.3. The van der Waals surface area contributed by atoms with Crippen molar-refractivity contribution in [3.63, 3.8) is 0 Å². The Bertz CT molecular complexity index is 717. The van der Waals surface area contributed by atoms with E-state index in [2.05, 4.69) is 21.3 Å². The molecule has 1 aromatic carbocycles. The fourth-order valence-electron chi connectivity index (χ4n) is 3.18. The number of fused-ring (bicyclic) bond motifs is 1. The van der Waals surface area contributed by atoms with Crippen molar-refractivity contribution in [2.45, 2.75) is 12.5 Å². The van der Waals surface area contributed by atoms with Crippen LogP contribution in [-0.4, -0.2) is 49.8 Å². The van der Waals surface area contributed by atoms with Crippen molar-refractivity contribution in [2.24, 2.45) is 0 Å². The summed E-state index contributed by atoms with van der Waals surface area (Å²) in [4.78, 5) is 18.9. The van der Waals surface area contributed by atoms with E-state index in [1.54, 1.807) is 6.20 Å². The molecule has 2 aromatic rings. The standard InChI is InChI=1S/C19H21N3O3/c23-19(21-13-16-11-14-3-1-2-4-17(14)25-16)15-5-6-18(20-12-15)22-7-9-24-10-8-22/h1-6,12,16H,7-11,13H2,(H,21,23). The Morgan fingerprint density at radius 1 is 1.20 bits per heavy atom. The topological polar surface area (TPSA) is 63.7 Å². The molecule has 0 bridgehead atoms. The van der Waals surface area contributed by atoms with Crippen LogP contribution in [0.4, 0.5) is 5.82 Å². The second kappa shape index (κ2) is 7.11. The predicted octanol–water partition coefficient (Wildman–Crippen LogP) is 1.65. The molecule has 0 saturated carbocycles. The number of carbonyl (C=O) groups excluding carboxylic acids is 1. The molecule has 4 rings (SSSR count). The number of aromatic nitrogens is 1. The zero-order valence-corrected chi connectivity index (χ0v) is 14.0. The highest BCUT2D eigenvalue weighted by atomic mass is 16.5. The number of morpholine rings is 1. The molecule has 1 N–H and O–H groups in total. The largest absolute Gasteiger partial charge is 0.488 e. The molecule has 1 unspecified atom stereocenters. The van der Waals surface area contributed by atoms with Gasteiger partial charge in [-0.25, -0.2) is 4.98 Å². The number of hydrogen-bond acceptors (Lipinski definition) is 5. The molecule has 1 saturated heterocycles. The molecule has 0 radical (unpaired) electrons. The molecular weight excluding hydrogens is 318 g/mol. The van der Waals surface area contributed by atoms with Gasteiger partial charge < -0.3 is 19.7 Å². The number of nitrogens with zero attached hydrogens (tertiary/aromatic N) is 2. The number of anilines is 1. The van der Waals surface area contributed by atoms with E-state index < -0.39 is 0 Å². The van der Waals surface area contributed by atoms with E-state index >= 15 is 0 Å². The average Bonchev–Trinajstić information content (AvgIpc) is 3.10. The van der Waals surface area contributed by atoms with Gasteiger partial charge in [0.2, 0.25) is 0 Å². The molecule has 0 spiro atoms. The molecule has 6 nitrogen and oxygen atoms in total. The molecule has 25 heavy (non-hydrogen) atoms. The van der Waals surface area contributed by atoms with Crippen LogP contribution in [-0.2, 0) is 11.2 Å². The van der Waals surface area contributed by atoms with Crippen molar-refractivity contribution >= 4 is 11.7 Å². The van der Waals surface area contributed by atoms with Gasteiger partial charge in [0.1, 0.15) is 17.7 Å². The lowest BCUT2D eigenvalue weighted by Gasteiger charge is -2.27. The highest BCUT2D eigenvalue weighted by molar-refractivity contribution is 5.94. The lowest BCUT2D eigenvalue weighted by Crippen LogP contribution is -2.37. The molecular formula is C19H21N3O3. The molecule has 130 valence electrons. The van der Waals surface area contributed by atoms with Gasteiger partial charge in [-0.3, -0.25) is 4.79 Å². The number of hydrogen-bond donors (Lipinski definition) is 1. The summed E-state index contributed by atoms with van der Waals surface area (Å²) in [6, 6.07) is 11.7. The summed E-state index contributed by atoms with van der Waals surface area (Å²) in [5.41, 5.74) is 1.76. The Hall–Kier alpha value is -2.60. The van der Waals surface area contributed by atoms with E-state index in [0.29, 0.717) is 25.3 Å². The van der Waals surface area contributed by atoms with Crippen molar-refractivity contribution < 1.29 is 14.3 Å². The van der Waals surface area contributed by atoms with Gasteiger partial charge in [0.15, 0.2) is 0 Å². The van der Waals surface area contributed by atoms with Crippen LogP contribution in [0, 0.1) is 0 Å². The third-order valence-electron chi connectivity index (χ3n) is 4.55. The van der Waals surface area contributed by atoms with E-state index in [1.165, 1.54) is 5.56 Å². The molecule has 0 aliphatic carbocycles. The van der Waals surface area contributed by atoms with Gasteiger partial charge in [-0.1, -0.05) is 18.2 Å². The fraction of sp³-hybridized carbons (Fsp3) is 0.368. The predicted molar refractivity (Wildman–Crippen MR) is 94.2 cm³/mol. The number of nitrogens with one attached hydrogen (secondary N) is 1. The van der Waals surface area contributed by atoms with E-state index in [-0.39, 0.29) is 12.0 Å². The number of para-hydroxylation sites is 1. The minimum atomic E-state index is -0.124. The molecule has 3 heterocycles. The highest BCUT2D eigenvalue weighted by Crippen LogP contribution is 2.27. The van der Waals surface area contributed by atoms with Gasteiger partial charge >= 0.3 is 0 Å². The van der Waals surface area contributed by atoms with Crippen molar-refractivity contribution in [1.82, 2.24) is 10.3 Å². The van der Waals surface area contributed by atoms with E-state index in [0.717, 1.165) is 31.1 Å². The van der Waals surface area contributed by atoms with E-state index in [4.69, 9.17) is 9.47 Å². The fourth-order valence-corrected chi connectivity index (χ4v) is 3.18. The summed E-state index contributed by atoms with van der Waals surface area (Å²) in [5.74, 6) is 1.67. The van der Waals surface area contributed by atoms with Crippen molar-refractivity contribution in [2.75, 3.05) is 37.7 Å². The Morgan fingerprint density at radius 2 is 2.04 bits per heavy atom. The maximum Gasteiger partial charge on any atom is 0.252 e. The zero-order valence-electron chi connectivity index (χ0n) is 14.0. The minimum Gasteiger partial charge on any atom is -0.488 e. The van der Waals surface area contributed by atoms with Crippen LogP contribution < -0.4 is 15.0 Å². The van der Waals surface area contributed by atoms with Crippen LogP contribution in [0.1, 0.15) is 15.9 Å². The lowest BCUT2D eigenvalue weighted by molar-refractivity contribution is 0.0933. The van der Waals surface area contributed by atoms with E-state index in [9.17, 15) is 4.79 Å². The molecule has 1 aromatic heterocycles. The summed E-state index contributed by atoms with van der Waals surface area (Å²) >= 11 is 0. The molecule has 2 aliphatic heterocycles. The molecule has 1 atom stereocenters. The zero-order chi connectivity index (χ0) is 17.1. The van der Waals surface area contributed by atoms with Crippen LogP contribution in [0.5, 0.6) is 5.75 Å². The maximum absolute atomic E-state index is 12.3.